The number of aromatic nitrogens is 5. The molecule has 1 aliphatic rings. The van der Waals surface area contributed by atoms with Crippen LogP contribution in [-0.4, -0.2) is 47.7 Å². The normalized spacial score (nSPS) is 19.0. The van der Waals surface area contributed by atoms with Crippen LogP contribution in [0.1, 0.15) is 45.6 Å². The molecule has 4 aromatic rings. The topological polar surface area (TPSA) is 109 Å². The Morgan fingerprint density at radius 1 is 1.12 bits per heavy atom. The van der Waals surface area contributed by atoms with Crippen LogP contribution in [-0.2, 0) is 0 Å². The molecule has 9 heteroatoms. The molecule has 5 rings (SSSR count). The molecule has 1 amide bonds. The summed E-state index contributed by atoms with van der Waals surface area (Å²) in [5, 5.41) is 25.7. The predicted octanol–water partition coefficient (Wildman–Crippen LogP) is 4.32. The zero-order valence-corrected chi connectivity index (χ0v) is 18.2. The highest BCUT2D eigenvalue weighted by molar-refractivity contribution is 6.00. The Balaban J connectivity index is 1.49. The Morgan fingerprint density at radius 2 is 1.84 bits per heavy atom. The molecule has 1 aliphatic carbocycles. The van der Waals surface area contributed by atoms with Crippen molar-refractivity contribution in [2.75, 3.05) is 5.32 Å². The molecule has 32 heavy (non-hydrogen) atoms. The van der Waals surface area contributed by atoms with Crippen molar-refractivity contribution in [2.24, 2.45) is 0 Å². The Morgan fingerprint density at radius 3 is 2.53 bits per heavy atom. The van der Waals surface area contributed by atoms with Crippen LogP contribution in [0.15, 0.2) is 43.0 Å². The number of anilines is 1. The predicted molar refractivity (Wildman–Crippen MR) is 123 cm³/mol. The van der Waals surface area contributed by atoms with Gasteiger partial charge in [0.25, 0.3) is 0 Å². The summed E-state index contributed by atoms with van der Waals surface area (Å²) in [6.45, 7) is 4.26. The highest BCUT2D eigenvalue weighted by Crippen LogP contribution is 2.33. The number of fused-ring (bicyclic) bond motifs is 3. The summed E-state index contributed by atoms with van der Waals surface area (Å²) in [7, 11) is 0. The van der Waals surface area contributed by atoms with Crippen molar-refractivity contribution in [1.29, 1.82) is 0 Å². The molecule has 0 radical (unpaired) electrons. The minimum Gasteiger partial charge on any atom is -0.465 e. The molecule has 166 valence electrons. The zero-order valence-electron chi connectivity index (χ0n) is 18.2. The van der Waals surface area contributed by atoms with E-state index in [1.54, 1.807) is 12.4 Å². The fourth-order valence-corrected chi connectivity index (χ4v) is 4.60. The van der Waals surface area contributed by atoms with E-state index in [0.717, 1.165) is 59.0 Å². The van der Waals surface area contributed by atoms with Gasteiger partial charge in [-0.3, -0.25) is 9.67 Å². The van der Waals surface area contributed by atoms with Crippen molar-refractivity contribution < 1.29 is 9.90 Å². The van der Waals surface area contributed by atoms with E-state index in [0.29, 0.717) is 0 Å². The van der Waals surface area contributed by atoms with Gasteiger partial charge in [-0.2, -0.15) is 10.2 Å². The van der Waals surface area contributed by atoms with Gasteiger partial charge in [-0.1, -0.05) is 0 Å². The molecule has 4 aromatic heterocycles. The summed E-state index contributed by atoms with van der Waals surface area (Å²) >= 11 is 0. The van der Waals surface area contributed by atoms with E-state index in [2.05, 4.69) is 45.3 Å². The lowest BCUT2D eigenvalue weighted by Crippen LogP contribution is -2.39. The maximum Gasteiger partial charge on any atom is 0.404 e. The Kier molecular flexibility index (Phi) is 5.16. The third-order valence-corrected chi connectivity index (χ3v) is 6.20. The van der Waals surface area contributed by atoms with Crippen LogP contribution in [0.25, 0.3) is 27.5 Å². The smallest absolute Gasteiger partial charge is 0.404 e. The largest absolute Gasteiger partial charge is 0.465 e. The summed E-state index contributed by atoms with van der Waals surface area (Å²) in [5.41, 5.74) is 4.25. The first-order valence-corrected chi connectivity index (χ1v) is 11.1. The molecule has 0 unspecified atom stereocenters. The lowest BCUT2D eigenvalue weighted by molar-refractivity contribution is 0.185. The second-order valence-corrected chi connectivity index (χ2v) is 8.73. The number of nitrogens with one attached hydrogen (secondary N) is 2. The van der Waals surface area contributed by atoms with Crippen LogP contribution in [0.3, 0.4) is 0 Å². The number of hydrogen-bond donors (Lipinski definition) is 3. The highest BCUT2D eigenvalue weighted by atomic mass is 16.4. The fraction of sp³-hybridized carbons (Fsp3) is 0.391. The summed E-state index contributed by atoms with van der Waals surface area (Å²) in [5.74, 6) is 0.838. The van der Waals surface area contributed by atoms with E-state index in [1.807, 2.05) is 29.0 Å². The van der Waals surface area contributed by atoms with Crippen molar-refractivity contribution in [3.63, 3.8) is 0 Å². The monoisotopic (exact) mass is 433 g/mol. The average molecular weight is 434 g/mol. The van der Waals surface area contributed by atoms with E-state index >= 15 is 0 Å². The van der Waals surface area contributed by atoms with Gasteiger partial charge in [0.05, 0.1) is 22.6 Å². The highest BCUT2D eigenvalue weighted by Gasteiger charge is 2.25. The molecule has 0 saturated heterocycles. The summed E-state index contributed by atoms with van der Waals surface area (Å²) in [6.07, 6.45) is 9.99. The van der Waals surface area contributed by atoms with Gasteiger partial charge in [0.15, 0.2) is 5.82 Å². The van der Waals surface area contributed by atoms with Crippen molar-refractivity contribution in [3.05, 3.63) is 43.0 Å². The maximum absolute atomic E-state index is 10.9. The van der Waals surface area contributed by atoms with Gasteiger partial charge in [-0.15, -0.1) is 0 Å². The molecule has 0 aliphatic heterocycles. The number of pyridine rings is 1. The van der Waals surface area contributed by atoms with E-state index in [-0.39, 0.29) is 18.1 Å². The maximum atomic E-state index is 10.9. The standard InChI is InChI=1S/C23H27N7O2/c1-14(2)30-21-19(22(28-30)26-17-3-5-18(6-4-17)27-23(31)32)12-25-29-13-16(11-20(21)29)15-7-9-24-10-8-15/h7-14,17-18,27H,3-6H2,1-2H3,(H,26,28)(H,31,32). The SMILES string of the molecule is CC(C)n1nc(NC2CCC(NC(=O)O)CC2)c2cnn3cc(-c4ccncc4)cc3c21. The van der Waals surface area contributed by atoms with Crippen LogP contribution in [0.5, 0.6) is 0 Å². The molecule has 4 heterocycles. The Bertz CT molecular complexity index is 1250. The van der Waals surface area contributed by atoms with Gasteiger partial charge in [-0.25, -0.2) is 9.31 Å². The molecule has 1 fully saturated rings. The van der Waals surface area contributed by atoms with Crippen molar-refractivity contribution in [3.8, 4) is 11.1 Å². The van der Waals surface area contributed by atoms with Crippen molar-refractivity contribution >= 4 is 28.3 Å². The first-order chi connectivity index (χ1) is 15.5. The minimum atomic E-state index is -0.948. The first-order valence-electron chi connectivity index (χ1n) is 11.1. The summed E-state index contributed by atoms with van der Waals surface area (Å²) < 4.78 is 3.97. The van der Waals surface area contributed by atoms with E-state index in [9.17, 15) is 4.79 Å². The first kappa shape index (κ1) is 20.3. The summed E-state index contributed by atoms with van der Waals surface area (Å²) in [4.78, 5) is 15.0. The van der Waals surface area contributed by atoms with Crippen molar-refractivity contribution in [1.82, 2.24) is 29.7 Å². The van der Waals surface area contributed by atoms with Gasteiger partial charge in [0.1, 0.15) is 0 Å². The van der Waals surface area contributed by atoms with E-state index < -0.39 is 6.09 Å². The van der Waals surface area contributed by atoms with Crippen molar-refractivity contribution in [2.45, 2.75) is 57.7 Å². The quantitative estimate of drug-likeness (QED) is 0.432. The van der Waals surface area contributed by atoms with Gasteiger partial charge >= 0.3 is 6.09 Å². The summed E-state index contributed by atoms with van der Waals surface area (Å²) in [6, 6.07) is 6.62. The number of rotatable bonds is 5. The fourth-order valence-electron chi connectivity index (χ4n) is 4.60. The van der Waals surface area contributed by atoms with E-state index in [4.69, 9.17) is 10.2 Å². The van der Waals surface area contributed by atoms with Crippen LogP contribution >= 0.6 is 0 Å². The Hall–Kier alpha value is -3.62. The van der Waals surface area contributed by atoms with Crippen LogP contribution < -0.4 is 10.6 Å². The number of nitrogens with zero attached hydrogens (tertiary/aromatic N) is 5. The van der Waals surface area contributed by atoms with Crippen LogP contribution in [0.4, 0.5) is 10.6 Å². The molecule has 0 atom stereocenters. The lowest BCUT2D eigenvalue weighted by Gasteiger charge is -2.29. The second kappa shape index (κ2) is 8.14. The van der Waals surface area contributed by atoms with Gasteiger partial charge in [0.2, 0.25) is 0 Å². The molecule has 1 saturated carbocycles. The number of hydrogen-bond acceptors (Lipinski definition) is 5. The van der Waals surface area contributed by atoms with Gasteiger partial charge < -0.3 is 15.7 Å². The number of carboxylic acid groups (broad SMARTS) is 1. The second-order valence-electron chi connectivity index (χ2n) is 8.73. The number of amides is 1. The molecular weight excluding hydrogens is 406 g/mol. The van der Waals surface area contributed by atoms with Crippen LogP contribution in [0.2, 0.25) is 0 Å². The molecular formula is C23H27N7O2. The molecule has 0 spiro atoms. The molecule has 0 aromatic carbocycles. The van der Waals surface area contributed by atoms with E-state index in [1.165, 1.54) is 0 Å². The van der Waals surface area contributed by atoms with Gasteiger partial charge in [-0.05, 0) is 63.3 Å². The van der Waals surface area contributed by atoms with Crippen LogP contribution in [0, 0.1) is 0 Å². The minimum absolute atomic E-state index is 0.0316. The third-order valence-electron chi connectivity index (χ3n) is 6.20. The Labute approximate surface area is 185 Å². The lowest BCUT2D eigenvalue weighted by atomic mass is 9.91. The zero-order chi connectivity index (χ0) is 22.2. The van der Waals surface area contributed by atoms with Gasteiger partial charge in [0, 0.05) is 42.3 Å². The molecule has 9 nitrogen and oxygen atoms in total. The average Bonchev–Trinajstić information content (AvgIpc) is 3.37. The molecule has 0 bridgehead atoms. The third kappa shape index (κ3) is 3.74. The number of carbonyl (C=O) groups is 1. The molecule has 3 N–H and O–H groups in total.